The first kappa shape index (κ1) is 13.7. The number of benzene rings is 1. The number of halogens is 2. The lowest BCUT2D eigenvalue weighted by molar-refractivity contribution is 0.0509. The Morgan fingerprint density at radius 2 is 2.05 bits per heavy atom. The van der Waals surface area contributed by atoms with Crippen molar-refractivity contribution in [3.8, 4) is 0 Å². The number of hydrogen-bond acceptors (Lipinski definition) is 3. The van der Waals surface area contributed by atoms with Crippen LogP contribution in [0.2, 0.25) is 10.0 Å². The topological polar surface area (TPSA) is 79.4 Å². The minimum atomic E-state index is -1.27. The SMILES string of the molecule is CCOC(=O)c1[nH]c2cc(Cl)cc(Cl)c2c1C(=O)O. The Hall–Kier alpha value is -1.72. The Bertz CT molecular complexity index is 678. The van der Waals surface area contributed by atoms with Crippen LogP contribution in [0.5, 0.6) is 0 Å². The maximum atomic E-state index is 11.7. The van der Waals surface area contributed by atoms with E-state index in [0.717, 1.165) is 0 Å². The second-order valence-electron chi connectivity index (χ2n) is 3.71. The highest BCUT2D eigenvalue weighted by Gasteiger charge is 2.25. The van der Waals surface area contributed by atoms with Gasteiger partial charge < -0.3 is 14.8 Å². The summed E-state index contributed by atoms with van der Waals surface area (Å²) >= 11 is 11.8. The zero-order valence-electron chi connectivity index (χ0n) is 9.79. The van der Waals surface area contributed by atoms with Crippen molar-refractivity contribution in [1.29, 1.82) is 0 Å². The second-order valence-corrected chi connectivity index (χ2v) is 4.55. The minimum absolute atomic E-state index is 0.141. The Labute approximate surface area is 118 Å². The summed E-state index contributed by atoms with van der Waals surface area (Å²) in [5.41, 5.74) is 0.0154. The third-order valence-corrected chi connectivity index (χ3v) is 3.02. The standard InChI is InChI=1S/C12H9Cl2NO4/c1-2-19-12(18)10-9(11(16)17)8-6(14)3-5(13)4-7(8)15-10/h3-4,15H,2H2,1H3,(H,16,17). The number of aromatic nitrogens is 1. The fourth-order valence-electron chi connectivity index (χ4n) is 1.82. The molecule has 19 heavy (non-hydrogen) atoms. The number of H-pyrrole nitrogens is 1. The van der Waals surface area contributed by atoms with Gasteiger partial charge in [0.1, 0.15) is 11.3 Å². The van der Waals surface area contributed by atoms with Crippen molar-refractivity contribution in [2.75, 3.05) is 6.61 Å². The van der Waals surface area contributed by atoms with E-state index in [-0.39, 0.29) is 28.3 Å². The van der Waals surface area contributed by atoms with Gasteiger partial charge in [-0.3, -0.25) is 0 Å². The molecule has 5 nitrogen and oxygen atoms in total. The van der Waals surface area contributed by atoms with E-state index in [1.54, 1.807) is 6.92 Å². The lowest BCUT2D eigenvalue weighted by Gasteiger charge is -2.01. The number of aromatic amines is 1. The van der Waals surface area contributed by atoms with Crippen molar-refractivity contribution >= 4 is 46.0 Å². The Kier molecular flexibility index (Phi) is 3.68. The molecular formula is C12H9Cl2NO4. The lowest BCUT2D eigenvalue weighted by atomic mass is 10.1. The highest BCUT2D eigenvalue weighted by atomic mass is 35.5. The van der Waals surface area contributed by atoms with Gasteiger partial charge in [-0.1, -0.05) is 23.2 Å². The Morgan fingerprint density at radius 3 is 2.63 bits per heavy atom. The number of rotatable bonds is 3. The molecule has 0 amide bonds. The quantitative estimate of drug-likeness (QED) is 0.852. The van der Waals surface area contributed by atoms with Crippen LogP contribution in [0.25, 0.3) is 10.9 Å². The lowest BCUT2D eigenvalue weighted by Crippen LogP contribution is -2.10. The van der Waals surface area contributed by atoms with Gasteiger partial charge in [0.2, 0.25) is 0 Å². The van der Waals surface area contributed by atoms with Crippen molar-refractivity contribution in [1.82, 2.24) is 4.98 Å². The van der Waals surface area contributed by atoms with E-state index in [1.165, 1.54) is 12.1 Å². The molecule has 0 aliphatic heterocycles. The number of carboxylic acids is 1. The van der Waals surface area contributed by atoms with Crippen LogP contribution in [0, 0.1) is 0 Å². The number of nitrogens with one attached hydrogen (secondary N) is 1. The molecule has 2 N–H and O–H groups in total. The van der Waals surface area contributed by atoms with Gasteiger partial charge in [0.15, 0.2) is 0 Å². The summed E-state index contributed by atoms with van der Waals surface area (Å²) in [5.74, 6) is -2.01. The molecule has 0 unspecified atom stereocenters. The third-order valence-electron chi connectivity index (χ3n) is 2.51. The molecule has 0 bridgehead atoms. The number of esters is 1. The fourth-order valence-corrected chi connectivity index (χ4v) is 2.41. The molecule has 0 aliphatic rings. The third kappa shape index (κ3) is 2.39. The molecule has 1 aromatic heterocycles. The smallest absolute Gasteiger partial charge is 0.355 e. The van der Waals surface area contributed by atoms with Crippen molar-refractivity contribution in [3.63, 3.8) is 0 Å². The van der Waals surface area contributed by atoms with Crippen molar-refractivity contribution in [3.05, 3.63) is 33.4 Å². The van der Waals surface area contributed by atoms with E-state index in [1.807, 2.05) is 0 Å². The second kappa shape index (κ2) is 5.11. The molecule has 2 aromatic rings. The number of carbonyl (C=O) groups excluding carboxylic acids is 1. The number of carboxylic acid groups (broad SMARTS) is 1. The zero-order chi connectivity index (χ0) is 14.2. The fraction of sp³-hybridized carbons (Fsp3) is 0.167. The highest BCUT2D eigenvalue weighted by molar-refractivity contribution is 6.40. The van der Waals surface area contributed by atoms with E-state index in [0.29, 0.717) is 10.5 Å². The van der Waals surface area contributed by atoms with Gasteiger partial charge in [0.25, 0.3) is 0 Å². The normalized spacial score (nSPS) is 10.7. The summed E-state index contributed by atoms with van der Waals surface area (Å²) in [5, 5.41) is 9.98. The molecule has 7 heteroatoms. The minimum Gasteiger partial charge on any atom is -0.478 e. The average molecular weight is 302 g/mol. The highest BCUT2D eigenvalue weighted by Crippen LogP contribution is 2.32. The predicted octanol–water partition coefficient (Wildman–Crippen LogP) is 3.35. The number of ether oxygens (including phenoxy) is 1. The monoisotopic (exact) mass is 301 g/mol. The first-order chi connectivity index (χ1) is 8.95. The number of carbonyl (C=O) groups is 2. The molecule has 1 aromatic carbocycles. The summed E-state index contributed by atoms with van der Waals surface area (Å²) in [6.45, 7) is 1.77. The maximum absolute atomic E-state index is 11.7. The molecule has 100 valence electrons. The van der Waals surface area contributed by atoms with Crippen LogP contribution in [0.15, 0.2) is 12.1 Å². The van der Waals surface area contributed by atoms with Crippen LogP contribution in [-0.4, -0.2) is 28.6 Å². The molecule has 0 aliphatic carbocycles. The van der Waals surface area contributed by atoms with Crippen molar-refractivity contribution in [2.24, 2.45) is 0 Å². The van der Waals surface area contributed by atoms with Gasteiger partial charge in [-0.05, 0) is 19.1 Å². The molecule has 0 radical (unpaired) electrons. The average Bonchev–Trinajstić information content (AvgIpc) is 2.68. The van der Waals surface area contributed by atoms with E-state index in [4.69, 9.17) is 27.9 Å². The molecule has 2 rings (SSSR count). The number of aromatic carboxylic acids is 1. The first-order valence-electron chi connectivity index (χ1n) is 5.36. The zero-order valence-corrected chi connectivity index (χ0v) is 11.3. The Morgan fingerprint density at radius 1 is 1.37 bits per heavy atom. The molecule has 0 saturated carbocycles. The first-order valence-corrected chi connectivity index (χ1v) is 6.12. The van der Waals surface area contributed by atoms with Crippen LogP contribution in [0.3, 0.4) is 0 Å². The molecular weight excluding hydrogens is 293 g/mol. The van der Waals surface area contributed by atoms with Crippen molar-refractivity contribution < 1.29 is 19.4 Å². The van der Waals surface area contributed by atoms with E-state index >= 15 is 0 Å². The summed E-state index contributed by atoms with van der Waals surface area (Å²) in [7, 11) is 0. The van der Waals surface area contributed by atoms with Gasteiger partial charge in [-0.2, -0.15) is 0 Å². The summed E-state index contributed by atoms with van der Waals surface area (Å²) in [4.78, 5) is 25.8. The van der Waals surface area contributed by atoms with Crippen molar-refractivity contribution in [2.45, 2.75) is 6.92 Å². The summed E-state index contributed by atoms with van der Waals surface area (Å²) < 4.78 is 4.81. The maximum Gasteiger partial charge on any atom is 0.355 e. The van der Waals surface area contributed by atoms with E-state index in [2.05, 4.69) is 4.98 Å². The van der Waals surface area contributed by atoms with E-state index in [9.17, 15) is 14.7 Å². The molecule has 1 heterocycles. The van der Waals surface area contributed by atoms with Gasteiger partial charge >= 0.3 is 11.9 Å². The van der Waals surface area contributed by atoms with Gasteiger partial charge in [0.05, 0.1) is 11.6 Å². The predicted molar refractivity (Wildman–Crippen MR) is 71.2 cm³/mol. The number of hydrogen-bond donors (Lipinski definition) is 2. The summed E-state index contributed by atoms with van der Waals surface area (Å²) in [6.07, 6.45) is 0. The van der Waals surface area contributed by atoms with Crippen LogP contribution < -0.4 is 0 Å². The largest absolute Gasteiger partial charge is 0.478 e. The van der Waals surface area contributed by atoms with Gasteiger partial charge in [0, 0.05) is 15.9 Å². The van der Waals surface area contributed by atoms with E-state index < -0.39 is 11.9 Å². The van der Waals surface area contributed by atoms with Crippen LogP contribution >= 0.6 is 23.2 Å². The van der Waals surface area contributed by atoms with Gasteiger partial charge in [-0.25, -0.2) is 9.59 Å². The van der Waals surface area contributed by atoms with Gasteiger partial charge in [-0.15, -0.1) is 0 Å². The number of fused-ring (bicyclic) bond motifs is 1. The molecule has 0 fully saturated rings. The van der Waals surface area contributed by atoms with Crippen LogP contribution in [0.1, 0.15) is 27.8 Å². The van der Waals surface area contributed by atoms with Crippen LogP contribution in [-0.2, 0) is 4.74 Å². The Balaban J connectivity index is 2.78. The molecule has 0 atom stereocenters. The molecule has 0 saturated heterocycles. The van der Waals surface area contributed by atoms with Crippen LogP contribution in [0.4, 0.5) is 0 Å². The molecule has 0 spiro atoms. The summed E-state index contributed by atoms with van der Waals surface area (Å²) in [6, 6.07) is 2.92.